The van der Waals surface area contributed by atoms with Crippen molar-refractivity contribution >= 4 is 23.4 Å². The molecule has 1 aromatic rings. The van der Waals surface area contributed by atoms with Crippen LogP contribution < -0.4 is 5.32 Å². The summed E-state index contributed by atoms with van der Waals surface area (Å²) < 4.78 is 4.83. The number of nitrogens with zero attached hydrogens (tertiary/aromatic N) is 1. The number of rotatable bonds is 6. The quantitative estimate of drug-likeness (QED) is 0.632. The summed E-state index contributed by atoms with van der Waals surface area (Å²) in [6, 6.07) is 7.73. The Hall–Kier alpha value is -1.67. The molecule has 0 bridgehead atoms. The fraction of sp³-hybridized carbons (Fsp3) is 0.385. The minimum Gasteiger partial charge on any atom is -0.465 e. The van der Waals surface area contributed by atoms with E-state index in [-0.39, 0.29) is 12.5 Å². The summed E-state index contributed by atoms with van der Waals surface area (Å²) in [5.41, 5.74) is 1.25. The topological polar surface area (TPSA) is 62.1 Å². The lowest BCUT2D eigenvalue weighted by molar-refractivity contribution is -0.140. The lowest BCUT2D eigenvalue weighted by Crippen LogP contribution is -2.17. The van der Waals surface area contributed by atoms with E-state index < -0.39 is 0 Å². The van der Waals surface area contributed by atoms with E-state index in [1.165, 1.54) is 0 Å². The lowest BCUT2D eigenvalue weighted by atomic mass is 10.2. The first-order valence-electron chi connectivity index (χ1n) is 5.78. The van der Waals surface area contributed by atoms with E-state index in [0.29, 0.717) is 17.9 Å². The maximum atomic E-state index is 11.3. The smallest absolute Gasteiger partial charge is 0.325 e. The van der Waals surface area contributed by atoms with Gasteiger partial charge in [0.25, 0.3) is 0 Å². The number of carbonyl (C=O) groups excluding carboxylic acids is 1. The Morgan fingerprint density at radius 3 is 2.89 bits per heavy atom. The van der Waals surface area contributed by atoms with E-state index in [4.69, 9.17) is 4.74 Å². The van der Waals surface area contributed by atoms with Crippen LogP contribution in [-0.2, 0) is 9.53 Å². The van der Waals surface area contributed by atoms with Crippen molar-refractivity contribution in [2.24, 2.45) is 0 Å². The molecule has 5 heteroatoms. The molecular weight excluding hydrogens is 248 g/mol. The summed E-state index contributed by atoms with van der Waals surface area (Å²) in [7, 11) is 0. The van der Waals surface area contributed by atoms with Gasteiger partial charge in [0.05, 0.1) is 17.9 Å². The molecule has 0 aliphatic carbocycles. The van der Waals surface area contributed by atoms with Gasteiger partial charge in [-0.25, -0.2) is 0 Å². The molecule has 0 fully saturated rings. The number of hydrogen-bond donors (Lipinski definition) is 1. The van der Waals surface area contributed by atoms with Gasteiger partial charge in [0.15, 0.2) is 0 Å². The lowest BCUT2D eigenvalue weighted by Gasteiger charge is -2.10. The molecule has 96 valence electrons. The largest absolute Gasteiger partial charge is 0.465 e. The summed E-state index contributed by atoms with van der Waals surface area (Å²) in [5, 5.41) is 12.1. The van der Waals surface area contributed by atoms with Crippen molar-refractivity contribution in [1.29, 1.82) is 5.26 Å². The van der Waals surface area contributed by atoms with Gasteiger partial charge in [-0.1, -0.05) is 13.0 Å². The van der Waals surface area contributed by atoms with E-state index in [1.54, 1.807) is 24.8 Å². The van der Waals surface area contributed by atoms with Gasteiger partial charge in [-0.3, -0.25) is 4.79 Å². The molecule has 1 aromatic carbocycles. The second kappa shape index (κ2) is 7.62. The van der Waals surface area contributed by atoms with E-state index in [0.717, 1.165) is 10.6 Å². The Labute approximate surface area is 111 Å². The van der Waals surface area contributed by atoms with Gasteiger partial charge in [0.2, 0.25) is 0 Å². The fourth-order valence-electron chi connectivity index (χ4n) is 1.45. The number of esters is 1. The Balaban J connectivity index is 2.79. The molecule has 0 amide bonds. The number of benzene rings is 1. The highest BCUT2D eigenvalue weighted by atomic mass is 32.2. The third-order valence-electron chi connectivity index (χ3n) is 2.17. The molecule has 0 aliphatic rings. The van der Waals surface area contributed by atoms with Gasteiger partial charge in [0, 0.05) is 4.90 Å². The number of ether oxygens (including phenoxy) is 1. The Bertz CT molecular complexity index is 455. The van der Waals surface area contributed by atoms with Crippen LogP contribution in [0.4, 0.5) is 5.69 Å². The minimum absolute atomic E-state index is 0.0722. The van der Waals surface area contributed by atoms with Gasteiger partial charge in [-0.2, -0.15) is 5.26 Å². The van der Waals surface area contributed by atoms with Crippen molar-refractivity contribution in [1.82, 2.24) is 0 Å². The summed E-state index contributed by atoms with van der Waals surface area (Å²) in [6.45, 7) is 4.22. The first-order valence-corrected chi connectivity index (χ1v) is 6.76. The van der Waals surface area contributed by atoms with Gasteiger partial charge in [0.1, 0.15) is 12.6 Å². The third kappa shape index (κ3) is 3.97. The molecule has 0 aromatic heterocycles. The minimum atomic E-state index is -0.324. The van der Waals surface area contributed by atoms with E-state index >= 15 is 0 Å². The van der Waals surface area contributed by atoms with Crippen LogP contribution in [-0.4, -0.2) is 24.9 Å². The summed E-state index contributed by atoms with van der Waals surface area (Å²) in [6.07, 6.45) is 0. The number of carbonyl (C=O) groups is 1. The molecule has 0 spiro atoms. The van der Waals surface area contributed by atoms with Crippen molar-refractivity contribution in [3.05, 3.63) is 23.8 Å². The van der Waals surface area contributed by atoms with Crippen molar-refractivity contribution in [2.45, 2.75) is 18.7 Å². The van der Waals surface area contributed by atoms with Crippen LogP contribution in [0.25, 0.3) is 0 Å². The highest BCUT2D eigenvalue weighted by Gasteiger charge is 2.09. The fourth-order valence-corrected chi connectivity index (χ4v) is 2.23. The molecule has 0 heterocycles. The Morgan fingerprint density at radius 1 is 1.50 bits per heavy atom. The standard InChI is InChI=1S/C13H16N2O2S/c1-3-17-13(16)9-15-11-6-5-7-12(18-4-2)10(11)8-14/h5-7,15H,3-4,9H2,1-2H3. The summed E-state index contributed by atoms with van der Waals surface area (Å²) in [4.78, 5) is 12.2. The van der Waals surface area contributed by atoms with Crippen molar-refractivity contribution < 1.29 is 9.53 Å². The number of nitriles is 1. The first-order chi connectivity index (χ1) is 8.72. The number of anilines is 1. The predicted molar refractivity (Wildman–Crippen MR) is 72.7 cm³/mol. The zero-order valence-corrected chi connectivity index (χ0v) is 11.3. The summed E-state index contributed by atoms with van der Waals surface area (Å²) >= 11 is 1.61. The zero-order valence-electron chi connectivity index (χ0n) is 10.5. The number of thioether (sulfide) groups is 1. The molecule has 0 aliphatic heterocycles. The van der Waals surface area contributed by atoms with E-state index in [1.807, 2.05) is 19.1 Å². The molecule has 1 rings (SSSR count). The van der Waals surface area contributed by atoms with Crippen molar-refractivity contribution in [2.75, 3.05) is 24.2 Å². The van der Waals surface area contributed by atoms with Crippen LogP contribution in [0.2, 0.25) is 0 Å². The molecule has 18 heavy (non-hydrogen) atoms. The monoisotopic (exact) mass is 264 g/mol. The second-order valence-corrected chi connectivity index (χ2v) is 4.69. The maximum absolute atomic E-state index is 11.3. The van der Waals surface area contributed by atoms with Crippen LogP contribution in [0, 0.1) is 11.3 Å². The van der Waals surface area contributed by atoms with Crippen LogP contribution in [0.15, 0.2) is 23.1 Å². The third-order valence-corrected chi connectivity index (χ3v) is 3.11. The summed E-state index contributed by atoms with van der Waals surface area (Å²) in [5.74, 6) is 0.575. The van der Waals surface area contributed by atoms with Crippen molar-refractivity contribution in [3.63, 3.8) is 0 Å². The average molecular weight is 264 g/mol. The van der Waals surface area contributed by atoms with Gasteiger partial charge >= 0.3 is 5.97 Å². The first kappa shape index (κ1) is 14.4. The number of hydrogen-bond acceptors (Lipinski definition) is 5. The molecular formula is C13H16N2O2S. The van der Waals surface area contributed by atoms with E-state index in [9.17, 15) is 10.1 Å². The molecule has 0 atom stereocenters. The van der Waals surface area contributed by atoms with Crippen molar-refractivity contribution in [3.8, 4) is 6.07 Å². The molecule has 0 unspecified atom stereocenters. The van der Waals surface area contributed by atoms with Crippen LogP contribution in [0.3, 0.4) is 0 Å². The van der Waals surface area contributed by atoms with Crippen LogP contribution in [0.1, 0.15) is 19.4 Å². The van der Waals surface area contributed by atoms with Crippen LogP contribution in [0.5, 0.6) is 0 Å². The molecule has 4 nitrogen and oxygen atoms in total. The Morgan fingerprint density at radius 2 is 2.28 bits per heavy atom. The molecule has 0 saturated heterocycles. The Kier molecular flexibility index (Phi) is 6.09. The van der Waals surface area contributed by atoms with Gasteiger partial charge in [-0.15, -0.1) is 11.8 Å². The molecule has 0 radical (unpaired) electrons. The second-order valence-electron chi connectivity index (χ2n) is 3.38. The van der Waals surface area contributed by atoms with Gasteiger partial charge in [-0.05, 0) is 24.8 Å². The predicted octanol–water partition coefficient (Wildman–Crippen LogP) is 2.65. The number of nitrogens with one attached hydrogen (secondary N) is 1. The normalized spacial score (nSPS) is 9.61. The van der Waals surface area contributed by atoms with Gasteiger partial charge < -0.3 is 10.1 Å². The molecule has 1 N–H and O–H groups in total. The van der Waals surface area contributed by atoms with E-state index in [2.05, 4.69) is 11.4 Å². The zero-order chi connectivity index (χ0) is 13.4. The highest BCUT2D eigenvalue weighted by molar-refractivity contribution is 7.99. The average Bonchev–Trinajstić information content (AvgIpc) is 2.37. The van der Waals surface area contributed by atoms with Crippen LogP contribution >= 0.6 is 11.8 Å². The maximum Gasteiger partial charge on any atom is 0.325 e. The highest BCUT2D eigenvalue weighted by Crippen LogP contribution is 2.27. The SMILES string of the molecule is CCOC(=O)CNc1cccc(SCC)c1C#N. The molecule has 0 saturated carbocycles.